The topological polar surface area (TPSA) is 18.5 Å². The van der Waals surface area contributed by atoms with E-state index in [1.807, 2.05) is 0 Å². The second-order valence-electron chi connectivity index (χ2n) is 6.53. The van der Waals surface area contributed by atoms with Gasteiger partial charge in [0.05, 0.1) is 19.3 Å². The molecule has 0 aliphatic carbocycles. The van der Waals surface area contributed by atoms with Gasteiger partial charge in [-0.05, 0) is 49.3 Å². The van der Waals surface area contributed by atoms with Crippen LogP contribution in [0.3, 0.4) is 0 Å². The molecule has 1 aliphatic rings. The van der Waals surface area contributed by atoms with Crippen molar-refractivity contribution in [1.82, 2.24) is 0 Å². The fourth-order valence-electron chi connectivity index (χ4n) is 3.11. The summed E-state index contributed by atoms with van der Waals surface area (Å²) in [5, 5.41) is 0. The lowest BCUT2D eigenvalue weighted by Gasteiger charge is -2.29. The predicted octanol–water partition coefficient (Wildman–Crippen LogP) is 5.91. The van der Waals surface area contributed by atoms with Crippen LogP contribution in [0.15, 0.2) is 24.3 Å². The lowest BCUT2D eigenvalue weighted by molar-refractivity contribution is -0.0198. The van der Waals surface area contributed by atoms with Gasteiger partial charge in [0.15, 0.2) is 0 Å². The first-order valence-electron chi connectivity index (χ1n) is 9.17. The van der Waals surface area contributed by atoms with Gasteiger partial charge in [-0.15, -0.1) is 0 Å². The molecular formula is C20H32O2. The van der Waals surface area contributed by atoms with Crippen LogP contribution >= 0.6 is 0 Å². The van der Waals surface area contributed by atoms with Crippen molar-refractivity contribution in [1.29, 1.82) is 0 Å². The largest absolute Gasteiger partial charge is 0.494 e. The Kier molecular flexibility index (Phi) is 7.79. The van der Waals surface area contributed by atoms with Gasteiger partial charge in [0.25, 0.3) is 0 Å². The average Bonchev–Trinajstić information content (AvgIpc) is 2.58. The Balaban J connectivity index is 1.74. The summed E-state index contributed by atoms with van der Waals surface area (Å²) in [6.07, 6.45) is 10.3. The number of hydrogen-bond donors (Lipinski definition) is 0. The minimum Gasteiger partial charge on any atom is -0.494 e. The van der Waals surface area contributed by atoms with Gasteiger partial charge in [-0.2, -0.15) is 0 Å². The first kappa shape index (κ1) is 17.3. The van der Waals surface area contributed by atoms with Crippen LogP contribution in [0.5, 0.6) is 5.75 Å². The van der Waals surface area contributed by atoms with Gasteiger partial charge in [-0.1, -0.05) is 51.7 Å². The van der Waals surface area contributed by atoms with Crippen LogP contribution in [0.2, 0.25) is 0 Å². The highest BCUT2D eigenvalue weighted by molar-refractivity contribution is 5.28. The summed E-state index contributed by atoms with van der Waals surface area (Å²) in [5.74, 6) is 1.76. The van der Waals surface area contributed by atoms with E-state index in [-0.39, 0.29) is 6.10 Å². The molecule has 0 N–H and O–H groups in total. The molecule has 1 aliphatic heterocycles. The van der Waals surface area contributed by atoms with Crippen LogP contribution in [0.25, 0.3) is 0 Å². The third-order valence-electron chi connectivity index (χ3n) is 4.60. The lowest BCUT2D eigenvalue weighted by Crippen LogP contribution is -2.20. The molecule has 0 spiro atoms. The molecular weight excluding hydrogens is 272 g/mol. The molecule has 0 aromatic heterocycles. The standard InChI is InChI=1S/C20H32O2/c1-3-5-7-15-21-19-12-10-18(11-13-19)20-14-9-17(16-22-20)8-6-4-2/h10-13,17,20H,3-9,14-16H2,1-2H3. The number of hydrogen-bond acceptors (Lipinski definition) is 2. The zero-order chi connectivity index (χ0) is 15.6. The summed E-state index contributed by atoms with van der Waals surface area (Å²) in [6.45, 7) is 6.23. The predicted molar refractivity (Wildman–Crippen MR) is 92.4 cm³/mol. The van der Waals surface area contributed by atoms with E-state index in [0.717, 1.165) is 37.7 Å². The molecule has 0 amide bonds. The molecule has 2 heteroatoms. The molecule has 2 atom stereocenters. The van der Waals surface area contributed by atoms with Crippen molar-refractivity contribution in [2.75, 3.05) is 13.2 Å². The van der Waals surface area contributed by atoms with Crippen LogP contribution in [-0.4, -0.2) is 13.2 Å². The van der Waals surface area contributed by atoms with E-state index < -0.39 is 0 Å². The Hall–Kier alpha value is -1.02. The van der Waals surface area contributed by atoms with E-state index in [1.165, 1.54) is 44.1 Å². The van der Waals surface area contributed by atoms with Crippen molar-refractivity contribution < 1.29 is 9.47 Å². The Labute approximate surface area is 136 Å². The zero-order valence-corrected chi connectivity index (χ0v) is 14.4. The van der Waals surface area contributed by atoms with Crippen molar-refractivity contribution in [3.63, 3.8) is 0 Å². The molecule has 124 valence electrons. The van der Waals surface area contributed by atoms with Gasteiger partial charge in [0, 0.05) is 0 Å². The van der Waals surface area contributed by atoms with Crippen LogP contribution in [0.4, 0.5) is 0 Å². The smallest absolute Gasteiger partial charge is 0.119 e. The Morgan fingerprint density at radius 2 is 1.77 bits per heavy atom. The Morgan fingerprint density at radius 1 is 1.00 bits per heavy atom. The van der Waals surface area contributed by atoms with Gasteiger partial charge < -0.3 is 9.47 Å². The molecule has 2 rings (SSSR count). The second-order valence-corrected chi connectivity index (χ2v) is 6.53. The Bertz CT molecular complexity index is 391. The number of ether oxygens (including phenoxy) is 2. The SMILES string of the molecule is CCCCCOc1ccc(C2CCC(CCCC)CO2)cc1. The maximum Gasteiger partial charge on any atom is 0.119 e. The minimum absolute atomic E-state index is 0.284. The minimum atomic E-state index is 0.284. The van der Waals surface area contributed by atoms with Gasteiger partial charge in [-0.3, -0.25) is 0 Å². The van der Waals surface area contributed by atoms with Crippen LogP contribution in [0.1, 0.15) is 76.9 Å². The first-order valence-corrected chi connectivity index (χ1v) is 9.17. The molecule has 0 bridgehead atoms. The summed E-state index contributed by atoms with van der Waals surface area (Å²) in [5.41, 5.74) is 1.30. The second kappa shape index (κ2) is 9.89. The highest BCUT2D eigenvalue weighted by Crippen LogP contribution is 2.33. The van der Waals surface area contributed by atoms with E-state index in [4.69, 9.17) is 9.47 Å². The number of unbranched alkanes of at least 4 members (excludes halogenated alkanes) is 3. The zero-order valence-electron chi connectivity index (χ0n) is 14.4. The van der Waals surface area contributed by atoms with E-state index in [9.17, 15) is 0 Å². The van der Waals surface area contributed by atoms with Crippen molar-refractivity contribution in [2.24, 2.45) is 5.92 Å². The molecule has 1 aromatic carbocycles. The van der Waals surface area contributed by atoms with Crippen molar-refractivity contribution in [3.8, 4) is 5.75 Å². The summed E-state index contributed by atoms with van der Waals surface area (Å²) in [6, 6.07) is 8.53. The van der Waals surface area contributed by atoms with Crippen LogP contribution < -0.4 is 4.74 Å². The summed E-state index contributed by atoms with van der Waals surface area (Å²) in [7, 11) is 0. The van der Waals surface area contributed by atoms with E-state index >= 15 is 0 Å². The third kappa shape index (κ3) is 5.64. The first-order chi connectivity index (χ1) is 10.8. The van der Waals surface area contributed by atoms with Gasteiger partial charge >= 0.3 is 0 Å². The molecule has 0 saturated carbocycles. The monoisotopic (exact) mass is 304 g/mol. The normalized spacial score (nSPS) is 21.7. The number of benzene rings is 1. The highest BCUT2D eigenvalue weighted by Gasteiger charge is 2.22. The van der Waals surface area contributed by atoms with Crippen LogP contribution in [0, 0.1) is 5.92 Å². The molecule has 2 unspecified atom stereocenters. The maximum absolute atomic E-state index is 6.09. The van der Waals surface area contributed by atoms with Crippen molar-refractivity contribution in [2.45, 2.75) is 71.3 Å². The lowest BCUT2D eigenvalue weighted by atomic mass is 9.91. The molecule has 22 heavy (non-hydrogen) atoms. The molecule has 1 aromatic rings. The van der Waals surface area contributed by atoms with Gasteiger partial charge in [-0.25, -0.2) is 0 Å². The van der Waals surface area contributed by atoms with Gasteiger partial charge in [0.1, 0.15) is 5.75 Å². The molecule has 2 nitrogen and oxygen atoms in total. The van der Waals surface area contributed by atoms with E-state index in [1.54, 1.807) is 0 Å². The summed E-state index contributed by atoms with van der Waals surface area (Å²) >= 11 is 0. The Morgan fingerprint density at radius 3 is 2.41 bits per heavy atom. The van der Waals surface area contributed by atoms with Crippen LogP contribution in [-0.2, 0) is 4.74 Å². The van der Waals surface area contributed by atoms with E-state index in [0.29, 0.717) is 0 Å². The summed E-state index contributed by atoms with van der Waals surface area (Å²) in [4.78, 5) is 0. The van der Waals surface area contributed by atoms with Gasteiger partial charge in [0.2, 0.25) is 0 Å². The molecule has 0 radical (unpaired) electrons. The molecule has 1 saturated heterocycles. The molecule has 1 heterocycles. The highest BCUT2D eigenvalue weighted by atomic mass is 16.5. The number of rotatable bonds is 9. The summed E-state index contributed by atoms with van der Waals surface area (Å²) < 4.78 is 11.9. The fraction of sp³-hybridized carbons (Fsp3) is 0.700. The third-order valence-corrected chi connectivity index (χ3v) is 4.60. The fourth-order valence-corrected chi connectivity index (χ4v) is 3.11. The van der Waals surface area contributed by atoms with E-state index in [2.05, 4.69) is 38.1 Å². The van der Waals surface area contributed by atoms with Crippen molar-refractivity contribution in [3.05, 3.63) is 29.8 Å². The molecule has 1 fully saturated rings. The maximum atomic E-state index is 6.09. The quantitative estimate of drug-likeness (QED) is 0.528. The van der Waals surface area contributed by atoms with Crippen molar-refractivity contribution >= 4 is 0 Å². The average molecular weight is 304 g/mol.